The predicted molar refractivity (Wildman–Crippen MR) is 101 cm³/mol. The summed E-state index contributed by atoms with van der Waals surface area (Å²) in [5, 5.41) is 24.7. The van der Waals surface area contributed by atoms with E-state index in [1.807, 2.05) is 13.8 Å². The van der Waals surface area contributed by atoms with E-state index in [1.165, 1.54) is 12.1 Å². The van der Waals surface area contributed by atoms with Crippen LogP contribution in [0.2, 0.25) is 0 Å². The van der Waals surface area contributed by atoms with Crippen LogP contribution in [-0.2, 0) is 14.8 Å². The van der Waals surface area contributed by atoms with E-state index >= 15 is 0 Å². The highest BCUT2D eigenvalue weighted by Crippen LogP contribution is 2.27. The number of rotatable bonds is 10. The second-order valence-corrected chi connectivity index (χ2v) is 6.98. The van der Waals surface area contributed by atoms with Gasteiger partial charge in [-0.05, 0) is 25.6 Å². The smallest absolute Gasteiger partial charge is 0.293 e. The summed E-state index contributed by atoms with van der Waals surface area (Å²) < 4.78 is 22.5. The standard InChI is InChI=1S/C14H23N5O5S.ClH/c1-3-16-10(2)9-18-14(20)6-7-17-12-5-4-11(25(15,23)24)8-13(12)19(21)22;/h4-5,8,10,16-17H,3,6-7,9H2,1-2H3,(H,18,20)(H2,15,23,24);1H/t10-;/m1./s1. The molecule has 1 aromatic carbocycles. The number of nitrogens with two attached hydrogens (primary N) is 1. The SMILES string of the molecule is CCN[C@H](C)CNC(=O)CCNc1ccc(S(N)(=O)=O)cc1[N+](=O)[O-].Cl. The lowest BCUT2D eigenvalue weighted by molar-refractivity contribution is -0.384. The minimum absolute atomic E-state index is 0. The second-order valence-electron chi connectivity index (χ2n) is 5.42. The van der Waals surface area contributed by atoms with Crippen LogP contribution in [0, 0.1) is 10.1 Å². The van der Waals surface area contributed by atoms with Crippen LogP contribution in [-0.4, -0.2) is 44.9 Å². The maximum absolute atomic E-state index is 11.7. The zero-order valence-corrected chi connectivity index (χ0v) is 16.2. The molecule has 148 valence electrons. The van der Waals surface area contributed by atoms with Gasteiger partial charge in [0.2, 0.25) is 15.9 Å². The van der Waals surface area contributed by atoms with Gasteiger partial charge in [0.15, 0.2) is 0 Å². The van der Waals surface area contributed by atoms with Gasteiger partial charge in [-0.2, -0.15) is 0 Å². The van der Waals surface area contributed by atoms with Crippen LogP contribution in [0.15, 0.2) is 23.1 Å². The van der Waals surface area contributed by atoms with Gasteiger partial charge in [0.05, 0.1) is 9.82 Å². The predicted octanol–water partition coefficient (Wildman–Crippen LogP) is 0.580. The molecule has 0 heterocycles. The van der Waals surface area contributed by atoms with Gasteiger partial charge in [0.25, 0.3) is 5.69 Å². The summed E-state index contributed by atoms with van der Waals surface area (Å²) in [6, 6.07) is 3.45. The van der Waals surface area contributed by atoms with Crippen molar-refractivity contribution in [1.82, 2.24) is 10.6 Å². The number of carbonyl (C=O) groups is 1. The Morgan fingerprint density at radius 2 is 2.04 bits per heavy atom. The molecule has 0 aliphatic rings. The maximum atomic E-state index is 11.7. The van der Waals surface area contributed by atoms with Crippen LogP contribution in [0.1, 0.15) is 20.3 Å². The Morgan fingerprint density at radius 3 is 2.58 bits per heavy atom. The van der Waals surface area contributed by atoms with Crippen LogP contribution < -0.4 is 21.1 Å². The molecule has 0 spiro atoms. The van der Waals surface area contributed by atoms with Crippen molar-refractivity contribution in [3.63, 3.8) is 0 Å². The fourth-order valence-electron chi connectivity index (χ4n) is 2.08. The Hall–Kier alpha value is -1.95. The average molecular weight is 410 g/mol. The van der Waals surface area contributed by atoms with Crippen LogP contribution in [0.3, 0.4) is 0 Å². The van der Waals surface area contributed by atoms with E-state index in [1.54, 1.807) is 0 Å². The molecular formula is C14H24ClN5O5S. The van der Waals surface area contributed by atoms with Gasteiger partial charge in [-0.3, -0.25) is 14.9 Å². The van der Waals surface area contributed by atoms with Gasteiger partial charge in [-0.15, -0.1) is 12.4 Å². The first-order chi connectivity index (χ1) is 11.6. The highest BCUT2D eigenvalue weighted by atomic mass is 35.5. The zero-order chi connectivity index (χ0) is 19.0. The molecule has 0 radical (unpaired) electrons. The molecule has 0 aliphatic carbocycles. The largest absolute Gasteiger partial charge is 0.379 e. The molecule has 0 aromatic heterocycles. The third-order valence-electron chi connectivity index (χ3n) is 3.32. The molecule has 0 bridgehead atoms. The fourth-order valence-corrected chi connectivity index (χ4v) is 2.61. The Balaban J connectivity index is 0.00000625. The van der Waals surface area contributed by atoms with Crippen molar-refractivity contribution in [2.45, 2.75) is 31.2 Å². The molecule has 1 aromatic rings. The molecule has 0 fully saturated rings. The lowest BCUT2D eigenvalue weighted by Crippen LogP contribution is -2.39. The second kappa shape index (κ2) is 10.9. The molecular weight excluding hydrogens is 386 g/mol. The number of likely N-dealkylation sites (N-methyl/N-ethyl adjacent to an activating group) is 1. The van der Waals surface area contributed by atoms with Crippen LogP contribution in [0.5, 0.6) is 0 Å². The first kappa shape index (κ1) is 24.1. The van der Waals surface area contributed by atoms with Crippen molar-refractivity contribution in [2.75, 3.05) is 25.0 Å². The van der Waals surface area contributed by atoms with E-state index in [-0.39, 0.29) is 47.9 Å². The Bertz CT molecular complexity index is 728. The molecule has 1 atom stereocenters. The number of amides is 1. The van der Waals surface area contributed by atoms with Crippen LogP contribution in [0.25, 0.3) is 0 Å². The molecule has 0 saturated heterocycles. The zero-order valence-electron chi connectivity index (χ0n) is 14.5. The number of halogens is 1. The summed E-state index contributed by atoms with van der Waals surface area (Å²) in [4.78, 5) is 21.8. The van der Waals surface area contributed by atoms with E-state index in [0.717, 1.165) is 12.6 Å². The number of benzene rings is 1. The number of nitro benzene ring substituents is 1. The van der Waals surface area contributed by atoms with Crippen LogP contribution in [0.4, 0.5) is 11.4 Å². The number of nitrogens with one attached hydrogen (secondary N) is 3. The van der Waals surface area contributed by atoms with Gasteiger partial charge in [0.1, 0.15) is 5.69 Å². The minimum Gasteiger partial charge on any atom is -0.379 e. The average Bonchev–Trinajstić information content (AvgIpc) is 2.52. The molecule has 0 unspecified atom stereocenters. The summed E-state index contributed by atoms with van der Waals surface area (Å²) in [5.41, 5.74) is -0.307. The number of carbonyl (C=O) groups excluding carboxylic acids is 1. The number of hydrogen-bond acceptors (Lipinski definition) is 7. The maximum Gasteiger partial charge on any atom is 0.293 e. The Morgan fingerprint density at radius 1 is 1.38 bits per heavy atom. The fraction of sp³-hybridized carbons (Fsp3) is 0.500. The van der Waals surface area contributed by atoms with E-state index < -0.39 is 20.6 Å². The van der Waals surface area contributed by atoms with Crippen molar-refractivity contribution in [2.24, 2.45) is 5.14 Å². The highest BCUT2D eigenvalue weighted by molar-refractivity contribution is 7.89. The van der Waals surface area contributed by atoms with Crippen molar-refractivity contribution in [3.05, 3.63) is 28.3 Å². The van der Waals surface area contributed by atoms with Gasteiger partial charge >= 0.3 is 0 Å². The molecule has 12 heteroatoms. The minimum atomic E-state index is -4.03. The summed E-state index contributed by atoms with van der Waals surface area (Å²) in [6.07, 6.45) is 0.118. The number of primary sulfonamides is 1. The van der Waals surface area contributed by atoms with Crippen molar-refractivity contribution >= 4 is 39.7 Å². The lowest BCUT2D eigenvalue weighted by Gasteiger charge is -2.13. The molecule has 5 N–H and O–H groups in total. The molecule has 10 nitrogen and oxygen atoms in total. The van der Waals surface area contributed by atoms with Gasteiger partial charge in [-0.1, -0.05) is 6.92 Å². The van der Waals surface area contributed by atoms with Gasteiger partial charge in [-0.25, -0.2) is 13.6 Å². The third-order valence-corrected chi connectivity index (χ3v) is 4.23. The topological polar surface area (TPSA) is 156 Å². The van der Waals surface area contributed by atoms with E-state index in [0.29, 0.717) is 6.54 Å². The number of hydrogen-bond donors (Lipinski definition) is 4. The first-order valence-electron chi connectivity index (χ1n) is 7.70. The molecule has 26 heavy (non-hydrogen) atoms. The van der Waals surface area contributed by atoms with Gasteiger partial charge < -0.3 is 16.0 Å². The van der Waals surface area contributed by atoms with Crippen molar-refractivity contribution in [3.8, 4) is 0 Å². The Kier molecular flexibility index (Phi) is 10.1. The first-order valence-corrected chi connectivity index (χ1v) is 9.25. The summed E-state index contributed by atoms with van der Waals surface area (Å²) in [5.74, 6) is -0.193. The lowest BCUT2D eigenvalue weighted by atomic mass is 10.2. The molecule has 1 rings (SSSR count). The molecule has 0 saturated carbocycles. The monoisotopic (exact) mass is 409 g/mol. The van der Waals surface area contributed by atoms with E-state index in [4.69, 9.17) is 5.14 Å². The van der Waals surface area contributed by atoms with E-state index in [9.17, 15) is 23.3 Å². The normalized spacial score (nSPS) is 12.0. The summed E-state index contributed by atoms with van der Waals surface area (Å²) in [6.45, 7) is 5.36. The van der Waals surface area contributed by atoms with Crippen molar-refractivity contribution in [1.29, 1.82) is 0 Å². The summed E-state index contributed by atoms with van der Waals surface area (Å²) in [7, 11) is -4.03. The number of nitro groups is 1. The summed E-state index contributed by atoms with van der Waals surface area (Å²) >= 11 is 0. The number of anilines is 1. The third kappa shape index (κ3) is 7.95. The van der Waals surface area contributed by atoms with Gasteiger partial charge in [0, 0.05) is 31.6 Å². The van der Waals surface area contributed by atoms with Crippen molar-refractivity contribution < 1.29 is 18.1 Å². The number of sulfonamides is 1. The quantitative estimate of drug-likeness (QED) is 0.325. The van der Waals surface area contributed by atoms with E-state index in [2.05, 4.69) is 16.0 Å². The number of nitrogens with zero attached hydrogens (tertiary/aromatic N) is 1. The highest BCUT2D eigenvalue weighted by Gasteiger charge is 2.19. The molecule has 0 aliphatic heterocycles. The Labute approximate surface area is 158 Å². The van der Waals surface area contributed by atoms with Crippen LogP contribution >= 0.6 is 12.4 Å². The molecule has 1 amide bonds.